The van der Waals surface area contributed by atoms with Crippen LogP contribution in [0.3, 0.4) is 0 Å². The lowest BCUT2D eigenvalue weighted by Gasteiger charge is -2.32. The third kappa shape index (κ3) is 3.69. The van der Waals surface area contributed by atoms with Crippen molar-refractivity contribution >= 4 is 0 Å². The Kier molecular flexibility index (Phi) is 4.99. The van der Waals surface area contributed by atoms with Crippen molar-refractivity contribution in [2.75, 3.05) is 33.4 Å². The summed E-state index contributed by atoms with van der Waals surface area (Å²) in [6.07, 6.45) is 5.41. The molecule has 0 spiro atoms. The molecule has 2 aliphatic heterocycles. The van der Waals surface area contributed by atoms with Gasteiger partial charge < -0.3 is 14.8 Å². The molecule has 0 bridgehead atoms. The van der Waals surface area contributed by atoms with E-state index in [9.17, 15) is 0 Å². The fourth-order valence-corrected chi connectivity index (χ4v) is 3.57. The van der Waals surface area contributed by atoms with Crippen molar-refractivity contribution in [2.24, 2.45) is 0 Å². The van der Waals surface area contributed by atoms with E-state index in [4.69, 9.17) is 9.47 Å². The molecule has 0 amide bonds. The summed E-state index contributed by atoms with van der Waals surface area (Å²) in [5.74, 6) is 1.77. The van der Waals surface area contributed by atoms with Crippen molar-refractivity contribution in [1.82, 2.24) is 10.2 Å². The number of nitrogens with one attached hydrogen (secondary N) is 1. The number of piperidine rings is 1. The summed E-state index contributed by atoms with van der Waals surface area (Å²) in [5.41, 5.74) is 0. The summed E-state index contributed by atoms with van der Waals surface area (Å²) in [5, 5.41) is 3.68. The molecule has 3 rings (SSSR count). The standard InChI is InChI=1S/C17H26N2O2/c1-20-14-5-7-15(8-6-14)21-13-10-18-16-9-12-19-11-3-2-4-17(16)19/h5-8,16-18H,2-4,9-13H2,1H3. The highest BCUT2D eigenvalue weighted by atomic mass is 16.5. The molecule has 2 aliphatic rings. The van der Waals surface area contributed by atoms with Gasteiger partial charge in [0.25, 0.3) is 0 Å². The Morgan fingerprint density at radius 2 is 1.90 bits per heavy atom. The zero-order valence-corrected chi connectivity index (χ0v) is 12.9. The van der Waals surface area contributed by atoms with Crippen molar-refractivity contribution in [3.63, 3.8) is 0 Å². The number of hydrogen-bond acceptors (Lipinski definition) is 4. The van der Waals surface area contributed by atoms with Crippen LogP contribution in [0.5, 0.6) is 11.5 Å². The minimum Gasteiger partial charge on any atom is -0.497 e. The van der Waals surface area contributed by atoms with Gasteiger partial charge in [-0.25, -0.2) is 0 Å². The van der Waals surface area contributed by atoms with Gasteiger partial charge in [0.1, 0.15) is 18.1 Å². The van der Waals surface area contributed by atoms with Gasteiger partial charge >= 0.3 is 0 Å². The maximum Gasteiger partial charge on any atom is 0.119 e. The fourth-order valence-electron chi connectivity index (χ4n) is 3.57. The van der Waals surface area contributed by atoms with Crippen LogP contribution in [0.1, 0.15) is 25.7 Å². The lowest BCUT2D eigenvalue weighted by Crippen LogP contribution is -2.45. The molecule has 0 aliphatic carbocycles. The summed E-state index contributed by atoms with van der Waals surface area (Å²) in [6.45, 7) is 4.20. The largest absolute Gasteiger partial charge is 0.497 e. The molecule has 2 atom stereocenters. The SMILES string of the molecule is COc1ccc(OCCNC2CCN3CCCCC23)cc1. The van der Waals surface area contributed by atoms with E-state index in [1.807, 2.05) is 24.3 Å². The van der Waals surface area contributed by atoms with Crippen molar-refractivity contribution < 1.29 is 9.47 Å². The van der Waals surface area contributed by atoms with Crippen molar-refractivity contribution in [2.45, 2.75) is 37.8 Å². The average Bonchev–Trinajstić information content (AvgIpc) is 2.95. The first-order valence-corrected chi connectivity index (χ1v) is 8.11. The highest BCUT2D eigenvalue weighted by Crippen LogP contribution is 2.27. The van der Waals surface area contributed by atoms with E-state index in [1.54, 1.807) is 7.11 Å². The molecule has 21 heavy (non-hydrogen) atoms. The van der Waals surface area contributed by atoms with Crippen LogP contribution in [0.25, 0.3) is 0 Å². The van der Waals surface area contributed by atoms with Gasteiger partial charge in [0, 0.05) is 25.2 Å². The van der Waals surface area contributed by atoms with Gasteiger partial charge in [0.05, 0.1) is 7.11 Å². The Morgan fingerprint density at radius 3 is 2.71 bits per heavy atom. The number of hydrogen-bond donors (Lipinski definition) is 1. The van der Waals surface area contributed by atoms with E-state index in [1.165, 1.54) is 38.8 Å². The van der Waals surface area contributed by atoms with Gasteiger partial charge in [-0.2, -0.15) is 0 Å². The molecule has 0 radical (unpaired) electrons. The van der Waals surface area contributed by atoms with Crippen LogP contribution < -0.4 is 14.8 Å². The van der Waals surface area contributed by atoms with Gasteiger partial charge in [0.2, 0.25) is 0 Å². The molecule has 0 aromatic heterocycles. The Labute approximate surface area is 127 Å². The van der Waals surface area contributed by atoms with Crippen molar-refractivity contribution in [3.8, 4) is 11.5 Å². The van der Waals surface area contributed by atoms with Gasteiger partial charge in [-0.05, 0) is 50.1 Å². The lowest BCUT2D eigenvalue weighted by molar-refractivity contribution is 0.178. The minimum atomic E-state index is 0.657. The molecule has 2 saturated heterocycles. The maximum atomic E-state index is 5.77. The topological polar surface area (TPSA) is 33.7 Å². The van der Waals surface area contributed by atoms with Crippen LogP contribution >= 0.6 is 0 Å². The normalized spacial score (nSPS) is 25.6. The third-order valence-electron chi connectivity index (χ3n) is 4.69. The first-order valence-electron chi connectivity index (χ1n) is 8.11. The Bertz CT molecular complexity index is 435. The molecule has 2 fully saturated rings. The molecule has 1 aromatic rings. The van der Waals surface area contributed by atoms with Crippen LogP contribution in [0.4, 0.5) is 0 Å². The van der Waals surface area contributed by atoms with Gasteiger partial charge in [-0.3, -0.25) is 4.90 Å². The predicted octanol–water partition coefficient (Wildman–Crippen LogP) is 2.29. The summed E-state index contributed by atoms with van der Waals surface area (Å²) >= 11 is 0. The molecular formula is C17H26N2O2. The third-order valence-corrected chi connectivity index (χ3v) is 4.69. The molecule has 1 aromatic carbocycles. The van der Waals surface area contributed by atoms with Crippen LogP contribution in [0.2, 0.25) is 0 Å². The number of benzene rings is 1. The quantitative estimate of drug-likeness (QED) is 0.815. The van der Waals surface area contributed by atoms with Gasteiger partial charge in [-0.1, -0.05) is 6.42 Å². The van der Waals surface area contributed by atoms with E-state index in [0.717, 1.165) is 30.7 Å². The number of rotatable bonds is 6. The number of ether oxygens (including phenoxy) is 2. The minimum absolute atomic E-state index is 0.657. The van der Waals surface area contributed by atoms with E-state index in [2.05, 4.69) is 10.2 Å². The molecule has 0 saturated carbocycles. The molecule has 4 heteroatoms. The fraction of sp³-hybridized carbons (Fsp3) is 0.647. The Morgan fingerprint density at radius 1 is 1.10 bits per heavy atom. The summed E-state index contributed by atoms with van der Waals surface area (Å²) in [4.78, 5) is 2.66. The smallest absolute Gasteiger partial charge is 0.119 e. The maximum absolute atomic E-state index is 5.77. The summed E-state index contributed by atoms with van der Waals surface area (Å²) < 4.78 is 10.9. The lowest BCUT2D eigenvalue weighted by atomic mass is 9.99. The average molecular weight is 290 g/mol. The summed E-state index contributed by atoms with van der Waals surface area (Å²) in [6, 6.07) is 9.19. The van der Waals surface area contributed by atoms with E-state index in [-0.39, 0.29) is 0 Å². The Hall–Kier alpha value is -1.26. The first-order chi connectivity index (χ1) is 10.4. The molecular weight excluding hydrogens is 264 g/mol. The molecule has 4 nitrogen and oxygen atoms in total. The zero-order chi connectivity index (χ0) is 14.5. The number of nitrogens with zero attached hydrogens (tertiary/aromatic N) is 1. The zero-order valence-electron chi connectivity index (χ0n) is 12.9. The monoisotopic (exact) mass is 290 g/mol. The van der Waals surface area contributed by atoms with Crippen LogP contribution in [-0.4, -0.2) is 50.3 Å². The second kappa shape index (κ2) is 7.14. The van der Waals surface area contributed by atoms with E-state index >= 15 is 0 Å². The second-order valence-corrected chi connectivity index (χ2v) is 5.97. The predicted molar refractivity (Wildman–Crippen MR) is 84.1 cm³/mol. The molecule has 116 valence electrons. The van der Waals surface area contributed by atoms with Gasteiger partial charge in [-0.15, -0.1) is 0 Å². The molecule has 1 N–H and O–H groups in total. The first kappa shape index (κ1) is 14.7. The second-order valence-electron chi connectivity index (χ2n) is 5.97. The van der Waals surface area contributed by atoms with Crippen LogP contribution in [0.15, 0.2) is 24.3 Å². The number of fused-ring (bicyclic) bond motifs is 1. The van der Waals surface area contributed by atoms with E-state index < -0.39 is 0 Å². The van der Waals surface area contributed by atoms with Crippen molar-refractivity contribution in [1.29, 1.82) is 0 Å². The highest BCUT2D eigenvalue weighted by molar-refractivity contribution is 5.31. The van der Waals surface area contributed by atoms with Crippen LogP contribution in [-0.2, 0) is 0 Å². The summed E-state index contributed by atoms with van der Waals surface area (Å²) in [7, 11) is 1.68. The van der Waals surface area contributed by atoms with Crippen molar-refractivity contribution in [3.05, 3.63) is 24.3 Å². The Balaban J connectivity index is 1.38. The van der Waals surface area contributed by atoms with E-state index in [0.29, 0.717) is 6.04 Å². The van der Waals surface area contributed by atoms with Gasteiger partial charge in [0.15, 0.2) is 0 Å². The highest BCUT2D eigenvalue weighted by Gasteiger charge is 2.34. The van der Waals surface area contributed by atoms with Crippen LogP contribution in [0, 0.1) is 0 Å². The molecule has 2 heterocycles. The molecule has 2 unspecified atom stereocenters. The number of methoxy groups -OCH3 is 1.